The van der Waals surface area contributed by atoms with Gasteiger partial charge in [-0.2, -0.15) is 0 Å². The minimum absolute atomic E-state index is 0.0196. The molecule has 0 unspecified atom stereocenters. The molecule has 2 saturated heterocycles. The number of hydrogen-bond donors (Lipinski definition) is 0. The lowest BCUT2D eigenvalue weighted by Gasteiger charge is -2.36. The molecular weight excluding hydrogens is 282 g/mol. The van der Waals surface area contributed by atoms with Gasteiger partial charge in [0.05, 0.1) is 18.2 Å². The van der Waals surface area contributed by atoms with Crippen LogP contribution in [0.3, 0.4) is 0 Å². The van der Waals surface area contributed by atoms with Crippen LogP contribution in [0.4, 0.5) is 0 Å². The van der Waals surface area contributed by atoms with Gasteiger partial charge in [-0.05, 0) is 19.8 Å². The Morgan fingerprint density at radius 2 is 2.14 bits per heavy atom. The zero-order valence-electron chi connectivity index (χ0n) is 13.0. The molecule has 2 fully saturated rings. The van der Waals surface area contributed by atoms with Crippen molar-refractivity contribution >= 4 is 5.91 Å². The van der Waals surface area contributed by atoms with Gasteiger partial charge in [-0.25, -0.2) is 4.98 Å². The molecule has 0 saturated carbocycles. The summed E-state index contributed by atoms with van der Waals surface area (Å²) in [6, 6.07) is 0. The van der Waals surface area contributed by atoms with E-state index in [1.54, 1.807) is 18.6 Å². The number of nitrogens with zero attached hydrogens (tertiary/aromatic N) is 3. The smallest absolute Gasteiger partial charge is 0.232 e. The summed E-state index contributed by atoms with van der Waals surface area (Å²) in [5.41, 5.74) is 0. The van der Waals surface area contributed by atoms with Crippen molar-refractivity contribution in [3.8, 4) is 5.88 Å². The highest BCUT2D eigenvalue weighted by Gasteiger charge is 2.34. The quantitative estimate of drug-likeness (QED) is 0.850. The zero-order valence-corrected chi connectivity index (χ0v) is 13.0. The SMILES string of the molecule is C[C@@H]1OCCC[C@@H]1C(=O)N1CCC(Oc2cnccn2)CC1. The Morgan fingerprint density at radius 3 is 2.82 bits per heavy atom. The molecule has 1 amide bonds. The van der Waals surface area contributed by atoms with Gasteiger partial charge in [0.2, 0.25) is 11.8 Å². The van der Waals surface area contributed by atoms with Crippen LogP contribution in [-0.4, -0.2) is 52.7 Å². The van der Waals surface area contributed by atoms with Crippen LogP contribution in [0.25, 0.3) is 0 Å². The number of aromatic nitrogens is 2. The van der Waals surface area contributed by atoms with Gasteiger partial charge in [-0.1, -0.05) is 0 Å². The van der Waals surface area contributed by atoms with E-state index in [9.17, 15) is 4.79 Å². The second-order valence-electron chi connectivity index (χ2n) is 6.01. The van der Waals surface area contributed by atoms with Crippen molar-refractivity contribution in [1.82, 2.24) is 14.9 Å². The van der Waals surface area contributed by atoms with Crippen LogP contribution in [-0.2, 0) is 9.53 Å². The van der Waals surface area contributed by atoms with Crippen molar-refractivity contribution in [2.24, 2.45) is 5.92 Å². The summed E-state index contributed by atoms with van der Waals surface area (Å²) in [5.74, 6) is 0.818. The molecule has 3 heterocycles. The van der Waals surface area contributed by atoms with E-state index in [2.05, 4.69) is 9.97 Å². The number of carbonyl (C=O) groups is 1. The number of amides is 1. The van der Waals surface area contributed by atoms with Gasteiger partial charge in [-0.3, -0.25) is 9.78 Å². The molecule has 0 aliphatic carbocycles. The summed E-state index contributed by atoms with van der Waals surface area (Å²) < 4.78 is 11.4. The first-order valence-corrected chi connectivity index (χ1v) is 8.07. The van der Waals surface area contributed by atoms with Gasteiger partial charge >= 0.3 is 0 Å². The second-order valence-corrected chi connectivity index (χ2v) is 6.01. The molecule has 0 aromatic carbocycles. The molecule has 6 heteroatoms. The van der Waals surface area contributed by atoms with Crippen molar-refractivity contribution in [1.29, 1.82) is 0 Å². The standard InChI is InChI=1S/C16H23N3O3/c1-12-14(3-2-10-21-12)16(20)19-8-4-13(5-9-19)22-15-11-17-6-7-18-15/h6-7,11-14H,2-5,8-10H2,1H3/t12-,14-/m0/s1. The number of rotatable bonds is 3. The maximum absolute atomic E-state index is 12.6. The first-order valence-electron chi connectivity index (χ1n) is 8.07. The Kier molecular flexibility index (Phi) is 4.87. The van der Waals surface area contributed by atoms with E-state index in [1.165, 1.54) is 0 Å². The van der Waals surface area contributed by atoms with Crippen LogP contribution in [0.15, 0.2) is 18.6 Å². The molecule has 1 aromatic rings. The Balaban J connectivity index is 1.50. The molecule has 2 aliphatic rings. The van der Waals surface area contributed by atoms with Crippen LogP contribution in [0.1, 0.15) is 32.6 Å². The predicted molar refractivity (Wildman–Crippen MR) is 80.4 cm³/mol. The molecule has 0 N–H and O–H groups in total. The average Bonchev–Trinajstić information content (AvgIpc) is 2.56. The third-order valence-electron chi connectivity index (χ3n) is 4.50. The molecule has 0 radical (unpaired) electrons. The highest BCUT2D eigenvalue weighted by Crippen LogP contribution is 2.25. The molecule has 6 nitrogen and oxygen atoms in total. The van der Waals surface area contributed by atoms with E-state index in [-0.39, 0.29) is 24.0 Å². The van der Waals surface area contributed by atoms with Crippen LogP contribution in [0.5, 0.6) is 5.88 Å². The molecular formula is C16H23N3O3. The van der Waals surface area contributed by atoms with Gasteiger partial charge < -0.3 is 14.4 Å². The molecule has 120 valence electrons. The number of ether oxygens (including phenoxy) is 2. The third kappa shape index (κ3) is 3.55. The monoisotopic (exact) mass is 305 g/mol. The minimum Gasteiger partial charge on any atom is -0.473 e. The summed E-state index contributed by atoms with van der Waals surface area (Å²) in [4.78, 5) is 22.7. The normalized spacial score (nSPS) is 26.7. The van der Waals surface area contributed by atoms with Crippen molar-refractivity contribution in [3.63, 3.8) is 0 Å². The van der Waals surface area contributed by atoms with Gasteiger partial charge in [0, 0.05) is 44.9 Å². The van der Waals surface area contributed by atoms with E-state index in [0.29, 0.717) is 5.88 Å². The van der Waals surface area contributed by atoms with Crippen LogP contribution >= 0.6 is 0 Å². The van der Waals surface area contributed by atoms with Crippen LogP contribution in [0, 0.1) is 5.92 Å². The highest BCUT2D eigenvalue weighted by atomic mass is 16.5. The maximum Gasteiger partial charge on any atom is 0.232 e. The van der Waals surface area contributed by atoms with E-state index in [1.807, 2.05) is 11.8 Å². The lowest BCUT2D eigenvalue weighted by Crippen LogP contribution is -2.47. The van der Waals surface area contributed by atoms with Gasteiger partial charge in [0.25, 0.3) is 0 Å². The van der Waals surface area contributed by atoms with Crippen LogP contribution < -0.4 is 4.74 Å². The zero-order chi connectivity index (χ0) is 15.4. The molecule has 1 aromatic heterocycles. The van der Waals surface area contributed by atoms with E-state index < -0.39 is 0 Å². The molecule has 3 rings (SSSR count). The Bertz CT molecular complexity index is 489. The van der Waals surface area contributed by atoms with Gasteiger partial charge in [0.1, 0.15) is 6.10 Å². The first kappa shape index (κ1) is 15.2. The minimum atomic E-state index is 0.0196. The summed E-state index contributed by atoms with van der Waals surface area (Å²) in [6.07, 6.45) is 8.62. The second kappa shape index (κ2) is 7.05. The number of hydrogen-bond acceptors (Lipinski definition) is 5. The first-order chi connectivity index (χ1) is 10.7. The fourth-order valence-corrected chi connectivity index (χ4v) is 3.19. The number of piperidine rings is 1. The summed E-state index contributed by atoms with van der Waals surface area (Å²) >= 11 is 0. The van der Waals surface area contributed by atoms with Crippen molar-refractivity contribution in [2.75, 3.05) is 19.7 Å². The van der Waals surface area contributed by atoms with E-state index >= 15 is 0 Å². The average molecular weight is 305 g/mol. The topological polar surface area (TPSA) is 64.5 Å². The molecule has 0 spiro atoms. The van der Waals surface area contributed by atoms with Crippen molar-refractivity contribution in [2.45, 2.75) is 44.8 Å². The van der Waals surface area contributed by atoms with Gasteiger partial charge in [0.15, 0.2) is 0 Å². The van der Waals surface area contributed by atoms with Crippen molar-refractivity contribution < 1.29 is 14.3 Å². The number of carbonyl (C=O) groups excluding carboxylic acids is 1. The summed E-state index contributed by atoms with van der Waals surface area (Å²) in [7, 11) is 0. The molecule has 22 heavy (non-hydrogen) atoms. The fraction of sp³-hybridized carbons (Fsp3) is 0.688. The fourth-order valence-electron chi connectivity index (χ4n) is 3.19. The lowest BCUT2D eigenvalue weighted by molar-refractivity contribution is -0.145. The Morgan fingerprint density at radius 1 is 1.32 bits per heavy atom. The number of likely N-dealkylation sites (tertiary alicyclic amines) is 1. The highest BCUT2D eigenvalue weighted by molar-refractivity contribution is 5.79. The van der Waals surface area contributed by atoms with Crippen LogP contribution in [0.2, 0.25) is 0 Å². The summed E-state index contributed by atoms with van der Waals surface area (Å²) in [5, 5.41) is 0. The van der Waals surface area contributed by atoms with E-state index in [4.69, 9.17) is 9.47 Å². The van der Waals surface area contributed by atoms with Gasteiger partial charge in [-0.15, -0.1) is 0 Å². The third-order valence-corrected chi connectivity index (χ3v) is 4.50. The lowest BCUT2D eigenvalue weighted by atomic mass is 9.93. The maximum atomic E-state index is 12.6. The summed E-state index contributed by atoms with van der Waals surface area (Å²) in [6.45, 7) is 4.27. The predicted octanol–water partition coefficient (Wildman–Crippen LogP) is 1.66. The van der Waals surface area contributed by atoms with Crippen molar-refractivity contribution in [3.05, 3.63) is 18.6 Å². The van der Waals surface area contributed by atoms with E-state index in [0.717, 1.165) is 45.4 Å². The Labute approximate surface area is 130 Å². The molecule has 2 aliphatic heterocycles. The molecule has 2 atom stereocenters. The molecule has 0 bridgehead atoms. The largest absolute Gasteiger partial charge is 0.473 e. The Hall–Kier alpha value is -1.69.